The van der Waals surface area contributed by atoms with Crippen LogP contribution in [0, 0.1) is 23.7 Å². The molecule has 98 valence electrons. The summed E-state index contributed by atoms with van der Waals surface area (Å²) in [5.41, 5.74) is 5.13. The number of likely N-dealkylation sites (tertiary alicyclic amines) is 1. The van der Waals surface area contributed by atoms with Gasteiger partial charge in [-0.3, -0.25) is 9.59 Å². The van der Waals surface area contributed by atoms with E-state index in [2.05, 4.69) is 0 Å². The third-order valence-electron chi connectivity index (χ3n) is 5.21. The van der Waals surface area contributed by atoms with E-state index in [9.17, 15) is 14.7 Å². The molecule has 0 aromatic carbocycles. The van der Waals surface area contributed by atoms with Crippen LogP contribution in [0.3, 0.4) is 0 Å². The number of primary amides is 1. The molecule has 6 heteroatoms. The molecule has 0 radical (unpaired) electrons. The molecular formula is C12H16N2O4. The number of hydrogen-bond acceptors (Lipinski definition) is 4. The number of amides is 2. The second kappa shape index (κ2) is 3.24. The lowest BCUT2D eigenvalue weighted by Gasteiger charge is -2.30. The summed E-state index contributed by atoms with van der Waals surface area (Å²) in [5, 5.41) is 10.1. The number of fused-ring (bicyclic) bond motifs is 2. The minimum atomic E-state index is -0.483. The SMILES string of the molecule is NC(=O)CCN1C(=O)C2C3CC4C(OC1C42)C3O. The van der Waals surface area contributed by atoms with Gasteiger partial charge in [0.2, 0.25) is 11.8 Å². The largest absolute Gasteiger partial charge is 0.390 e. The van der Waals surface area contributed by atoms with Gasteiger partial charge in [-0.1, -0.05) is 0 Å². The van der Waals surface area contributed by atoms with Gasteiger partial charge in [-0.25, -0.2) is 0 Å². The van der Waals surface area contributed by atoms with E-state index in [-0.39, 0.29) is 42.4 Å². The standard InChI is InChI=1S/C12H16N2O4/c13-6(15)1-2-14-11(17)7-4-3-5-8(7)12(14)18-10(5)9(4)16/h4-5,7-10,12,16H,1-3H2,(H2,13,15). The van der Waals surface area contributed by atoms with Crippen LogP contribution in [0.2, 0.25) is 0 Å². The van der Waals surface area contributed by atoms with Gasteiger partial charge in [0.1, 0.15) is 6.23 Å². The van der Waals surface area contributed by atoms with Crippen LogP contribution in [-0.2, 0) is 14.3 Å². The number of nitrogens with two attached hydrogens (primary N) is 1. The predicted molar refractivity (Wildman–Crippen MR) is 58.8 cm³/mol. The molecule has 7 atom stereocenters. The molecule has 2 aliphatic heterocycles. The Bertz CT molecular complexity index is 440. The minimum absolute atomic E-state index is 0.0379. The number of hydrogen-bond donors (Lipinski definition) is 2. The van der Waals surface area contributed by atoms with Crippen molar-refractivity contribution < 1.29 is 19.4 Å². The first-order chi connectivity index (χ1) is 8.59. The molecule has 3 N–H and O–H groups in total. The Balaban J connectivity index is 1.62. The fourth-order valence-corrected chi connectivity index (χ4v) is 4.61. The maximum Gasteiger partial charge on any atom is 0.228 e. The van der Waals surface area contributed by atoms with Crippen molar-refractivity contribution in [2.45, 2.75) is 31.3 Å². The molecule has 4 aliphatic rings. The van der Waals surface area contributed by atoms with Gasteiger partial charge < -0.3 is 20.5 Å². The minimum Gasteiger partial charge on any atom is -0.390 e. The molecule has 0 aromatic rings. The van der Waals surface area contributed by atoms with Crippen LogP contribution in [0.15, 0.2) is 0 Å². The van der Waals surface area contributed by atoms with Crippen molar-refractivity contribution in [2.24, 2.45) is 29.4 Å². The van der Waals surface area contributed by atoms with Crippen LogP contribution in [0.4, 0.5) is 0 Å². The van der Waals surface area contributed by atoms with E-state index in [0.717, 1.165) is 6.42 Å². The summed E-state index contributed by atoms with van der Waals surface area (Å²) in [6.07, 6.45) is 0.258. The van der Waals surface area contributed by atoms with Gasteiger partial charge in [0, 0.05) is 18.9 Å². The number of nitrogens with zero attached hydrogens (tertiary/aromatic N) is 1. The highest BCUT2D eigenvalue weighted by molar-refractivity contribution is 5.84. The highest BCUT2D eigenvalue weighted by Crippen LogP contribution is 2.63. The lowest BCUT2D eigenvalue weighted by Crippen LogP contribution is -2.44. The monoisotopic (exact) mass is 252 g/mol. The summed E-state index contributed by atoms with van der Waals surface area (Å²) in [4.78, 5) is 24.9. The van der Waals surface area contributed by atoms with E-state index >= 15 is 0 Å². The molecule has 6 nitrogen and oxygen atoms in total. The number of carbonyl (C=O) groups is 2. The fraction of sp³-hybridized carbons (Fsp3) is 0.833. The van der Waals surface area contributed by atoms with Crippen molar-refractivity contribution in [2.75, 3.05) is 6.54 Å². The first kappa shape index (κ1) is 10.8. The zero-order chi connectivity index (χ0) is 12.6. The van der Waals surface area contributed by atoms with Crippen molar-refractivity contribution in [3.63, 3.8) is 0 Å². The summed E-state index contributed by atoms with van der Waals surface area (Å²) in [6.45, 7) is 0.341. The highest BCUT2D eigenvalue weighted by Gasteiger charge is 2.72. The zero-order valence-corrected chi connectivity index (χ0v) is 9.86. The van der Waals surface area contributed by atoms with Crippen molar-refractivity contribution in [3.8, 4) is 0 Å². The van der Waals surface area contributed by atoms with Crippen LogP contribution >= 0.6 is 0 Å². The van der Waals surface area contributed by atoms with Crippen LogP contribution in [0.1, 0.15) is 12.8 Å². The van der Waals surface area contributed by atoms with E-state index < -0.39 is 12.0 Å². The van der Waals surface area contributed by atoms with E-state index in [1.165, 1.54) is 0 Å². The topological polar surface area (TPSA) is 92.9 Å². The Hall–Kier alpha value is -1.14. The van der Waals surface area contributed by atoms with E-state index in [1.54, 1.807) is 4.90 Å². The number of carbonyl (C=O) groups excluding carboxylic acids is 2. The molecule has 18 heavy (non-hydrogen) atoms. The Kier molecular flexibility index (Phi) is 1.94. The molecule has 4 fully saturated rings. The van der Waals surface area contributed by atoms with Crippen molar-refractivity contribution >= 4 is 11.8 Å². The number of aliphatic hydroxyl groups is 1. The smallest absolute Gasteiger partial charge is 0.228 e. The summed E-state index contributed by atoms with van der Waals surface area (Å²) in [7, 11) is 0. The molecule has 2 saturated heterocycles. The van der Waals surface area contributed by atoms with Crippen LogP contribution in [-0.4, -0.2) is 46.8 Å². The predicted octanol–water partition coefficient (Wildman–Crippen LogP) is -1.33. The Morgan fingerprint density at radius 3 is 3.00 bits per heavy atom. The van der Waals surface area contributed by atoms with Gasteiger partial charge in [-0.2, -0.15) is 0 Å². The molecule has 0 spiro atoms. The lowest BCUT2D eigenvalue weighted by molar-refractivity contribution is -0.151. The van der Waals surface area contributed by atoms with Gasteiger partial charge in [-0.15, -0.1) is 0 Å². The average molecular weight is 252 g/mol. The number of rotatable bonds is 3. The van der Waals surface area contributed by atoms with E-state index in [0.29, 0.717) is 12.5 Å². The third-order valence-corrected chi connectivity index (χ3v) is 5.21. The Labute approximate surface area is 104 Å². The molecule has 2 aliphatic carbocycles. The Morgan fingerprint density at radius 1 is 1.50 bits per heavy atom. The first-order valence-corrected chi connectivity index (χ1v) is 6.52. The normalized spacial score (nSPS) is 51.5. The van der Waals surface area contributed by atoms with Crippen molar-refractivity contribution in [1.82, 2.24) is 4.90 Å². The number of aliphatic hydroxyl groups excluding tert-OH is 1. The van der Waals surface area contributed by atoms with Crippen molar-refractivity contribution in [3.05, 3.63) is 0 Å². The lowest BCUT2D eigenvalue weighted by atomic mass is 9.80. The van der Waals surface area contributed by atoms with Gasteiger partial charge >= 0.3 is 0 Å². The molecule has 7 unspecified atom stereocenters. The molecular weight excluding hydrogens is 236 g/mol. The summed E-state index contributed by atoms with van der Waals surface area (Å²) in [5.74, 6) is 0.143. The van der Waals surface area contributed by atoms with Gasteiger partial charge in [0.25, 0.3) is 0 Å². The van der Waals surface area contributed by atoms with Crippen LogP contribution < -0.4 is 5.73 Å². The van der Waals surface area contributed by atoms with Crippen LogP contribution in [0.25, 0.3) is 0 Å². The van der Waals surface area contributed by atoms with Gasteiger partial charge in [0.05, 0.1) is 18.1 Å². The first-order valence-electron chi connectivity index (χ1n) is 6.52. The molecule has 2 saturated carbocycles. The summed E-state index contributed by atoms with van der Waals surface area (Å²) < 4.78 is 5.86. The highest BCUT2D eigenvalue weighted by atomic mass is 16.5. The van der Waals surface area contributed by atoms with Crippen LogP contribution in [0.5, 0.6) is 0 Å². The summed E-state index contributed by atoms with van der Waals surface area (Å²) >= 11 is 0. The average Bonchev–Trinajstić information content (AvgIpc) is 2.95. The molecule has 4 rings (SSSR count). The van der Waals surface area contributed by atoms with E-state index in [1.807, 2.05) is 0 Å². The summed E-state index contributed by atoms with van der Waals surface area (Å²) in [6, 6.07) is 0. The van der Waals surface area contributed by atoms with E-state index in [4.69, 9.17) is 10.5 Å². The molecule has 2 heterocycles. The Morgan fingerprint density at radius 2 is 2.28 bits per heavy atom. The maximum absolute atomic E-state index is 12.4. The number of ether oxygens (including phenoxy) is 1. The zero-order valence-electron chi connectivity index (χ0n) is 9.86. The molecule has 0 aromatic heterocycles. The second-order valence-corrected chi connectivity index (χ2v) is 5.90. The molecule has 2 amide bonds. The quantitative estimate of drug-likeness (QED) is 0.651. The van der Waals surface area contributed by atoms with Crippen molar-refractivity contribution in [1.29, 1.82) is 0 Å². The fourth-order valence-electron chi connectivity index (χ4n) is 4.61. The van der Waals surface area contributed by atoms with Gasteiger partial charge in [0.15, 0.2) is 0 Å². The second-order valence-electron chi connectivity index (χ2n) is 5.90. The van der Waals surface area contributed by atoms with Gasteiger partial charge in [-0.05, 0) is 18.3 Å². The maximum atomic E-state index is 12.4. The molecule has 2 bridgehead atoms. The third kappa shape index (κ3) is 1.06.